The van der Waals surface area contributed by atoms with Crippen LogP contribution in [-0.2, 0) is 0 Å². The van der Waals surface area contributed by atoms with E-state index in [4.69, 9.17) is 5.73 Å². The molecule has 2 rings (SSSR count). The molecule has 1 heterocycles. The van der Waals surface area contributed by atoms with Crippen molar-refractivity contribution in [2.24, 2.45) is 0 Å². The summed E-state index contributed by atoms with van der Waals surface area (Å²) in [5.74, 6) is 0.135. The number of halogens is 1. The normalized spacial score (nSPS) is 12.1. The number of nitrogen functional groups attached to an aromatic ring is 1. The van der Waals surface area contributed by atoms with E-state index in [0.717, 1.165) is 4.47 Å². The molecule has 1 amide bonds. The quantitative estimate of drug-likeness (QED) is 0.734. The lowest BCUT2D eigenvalue weighted by Gasteiger charge is -2.11. The maximum Gasteiger partial charge on any atom is 0.253 e. The third-order valence-electron chi connectivity index (χ3n) is 2.35. The molecule has 94 valence electrons. The van der Waals surface area contributed by atoms with E-state index in [1.165, 1.54) is 0 Å². The van der Waals surface area contributed by atoms with E-state index in [2.05, 4.69) is 41.9 Å². The molecule has 0 aliphatic rings. The van der Waals surface area contributed by atoms with Gasteiger partial charge < -0.3 is 11.1 Å². The number of benzene rings is 1. The number of hydrogen-bond donors (Lipinski definition) is 3. The molecular formula is C10H11BrN6O. The minimum atomic E-state index is -0.348. The molecule has 7 nitrogen and oxygen atoms in total. The van der Waals surface area contributed by atoms with E-state index in [-0.39, 0.29) is 11.9 Å². The van der Waals surface area contributed by atoms with E-state index >= 15 is 0 Å². The van der Waals surface area contributed by atoms with Gasteiger partial charge in [0.1, 0.15) is 0 Å². The second kappa shape index (κ2) is 5.13. The van der Waals surface area contributed by atoms with E-state index in [1.807, 2.05) is 0 Å². The number of amides is 1. The molecule has 18 heavy (non-hydrogen) atoms. The minimum Gasteiger partial charge on any atom is -0.398 e. The number of anilines is 1. The zero-order valence-electron chi connectivity index (χ0n) is 9.51. The van der Waals surface area contributed by atoms with Gasteiger partial charge in [0.25, 0.3) is 5.91 Å². The van der Waals surface area contributed by atoms with Crippen LogP contribution in [0.3, 0.4) is 0 Å². The summed E-state index contributed by atoms with van der Waals surface area (Å²) >= 11 is 3.28. The molecule has 0 radical (unpaired) electrons. The van der Waals surface area contributed by atoms with Gasteiger partial charge in [0.15, 0.2) is 5.82 Å². The summed E-state index contributed by atoms with van der Waals surface area (Å²) in [6.07, 6.45) is 0. The van der Waals surface area contributed by atoms with Crippen LogP contribution in [0.25, 0.3) is 0 Å². The van der Waals surface area contributed by atoms with Gasteiger partial charge in [0.2, 0.25) is 0 Å². The number of rotatable bonds is 3. The van der Waals surface area contributed by atoms with E-state index in [9.17, 15) is 4.79 Å². The zero-order chi connectivity index (χ0) is 13.1. The summed E-state index contributed by atoms with van der Waals surface area (Å²) < 4.78 is 0.822. The summed E-state index contributed by atoms with van der Waals surface area (Å²) in [7, 11) is 0. The van der Waals surface area contributed by atoms with Crippen molar-refractivity contribution < 1.29 is 4.79 Å². The number of nitrogens with one attached hydrogen (secondary N) is 2. The second-order valence-corrected chi connectivity index (χ2v) is 4.61. The highest BCUT2D eigenvalue weighted by molar-refractivity contribution is 9.10. The Bertz CT molecular complexity index is 556. The van der Waals surface area contributed by atoms with Crippen LogP contribution in [0.15, 0.2) is 22.7 Å². The molecule has 0 aliphatic heterocycles. The lowest BCUT2D eigenvalue weighted by molar-refractivity contribution is 0.0939. The fourth-order valence-electron chi connectivity index (χ4n) is 1.43. The first kappa shape index (κ1) is 12.5. The van der Waals surface area contributed by atoms with Crippen LogP contribution in [0, 0.1) is 0 Å². The van der Waals surface area contributed by atoms with Crippen molar-refractivity contribution in [2.45, 2.75) is 13.0 Å². The predicted octanol–water partition coefficient (Wildman–Crippen LogP) is 1.04. The topological polar surface area (TPSA) is 110 Å². The molecule has 0 fully saturated rings. The third-order valence-corrected chi connectivity index (χ3v) is 2.85. The Balaban J connectivity index is 2.12. The lowest BCUT2D eigenvalue weighted by atomic mass is 10.1. The SMILES string of the molecule is CC(NC(=O)c1ccc(Br)cc1N)c1nn[nH]n1. The molecule has 1 unspecified atom stereocenters. The molecular weight excluding hydrogens is 300 g/mol. The highest BCUT2D eigenvalue weighted by Crippen LogP contribution is 2.19. The molecule has 0 saturated heterocycles. The molecule has 0 aliphatic carbocycles. The third kappa shape index (κ3) is 2.65. The predicted molar refractivity (Wildman–Crippen MR) is 68.6 cm³/mol. The van der Waals surface area contributed by atoms with Crippen LogP contribution in [0.5, 0.6) is 0 Å². The van der Waals surface area contributed by atoms with Crippen molar-refractivity contribution in [1.82, 2.24) is 25.9 Å². The Morgan fingerprint density at radius 2 is 2.33 bits per heavy atom. The molecule has 1 aromatic carbocycles. The van der Waals surface area contributed by atoms with Gasteiger partial charge in [-0.3, -0.25) is 4.79 Å². The van der Waals surface area contributed by atoms with Gasteiger partial charge in [-0.05, 0) is 25.1 Å². The highest BCUT2D eigenvalue weighted by atomic mass is 79.9. The lowest BCUT2D eigenvalue weighted by Crippen LogP contribution is -2.28. The van der Waals surface area contributed by atoms with E-state index in [1.54, 1.807) is 25.1 Å². The van der Waals surface area contributed by atoms with Crippen molar-refractivity contribution in [3.05, 3.63) is 34.1 Å². The number of hydrogen-bond acceptors (Lipinski definition) is 5. The number of tetrazole rings is 1. The summed E-state index contributed by atoms with van der Waals surface area (Å²) in [4.78, 5) is 12.0. The fraction of sp³-hybridized carbons (Fsp3) is 0.200. The van der Waals surface area contributed by atoms with Gasteiger partial charge in [-0.1, -0.05) is 21.1 Å². The van der Waals surface area contributed by atoms with E-state index in [0.29, 0.717) is 17.1 Å². The van der Waals surface area contributed by atoms with Crippen LogP contribution in [-0.4, -0.2) is 26.5 Å². The summed E-state index contributed by atoms with van der Waals surface area (Å²) in [6, 6.07) is 4.73. The number of H-pyrrole nitrogens is 1. The largest absolute Gasteiger partial charge is 0.398 e. The first-order valence-electron chi connectivity index (χ1n) is 5.17. The maximum absolute atomic E-state index is 12.0. The Morgan fingerprint density at radius 1 is 1.56 bits per heavy atom. The van der Waals surface area contributed by atoms with Gasteiger partial charge >= 0.3 is 0 Å². The summed E-state index contributed by atoms with van der Waals surface area (Å²) in [5.41, 5.74) is 6.59. The van der Waals surface area contributed by atoms with Gasteiger partial charge in [0.05, 0.1) is 11.6 Å². The molecule has 0 bridgehead atoms. The molecule has 1 atom stereocenters. The molecule has 8 heteroatoms. The Morgan fingerprint density at radius 3 is 2.94 bits per heavy atom. The number of nitrogens with two attached hydrogens (primary N) is 1. The molecule has 4 N–H and O–H groups in total. The average molecular weight is 311 g/mol. The van der Waals surface area contributed by atoms with Gasteiger partial charge in [-0.2, -0.15) is 5.21 Å². The van der Waals surface area contributed by atoms with Crippen LogP contribution in [0.2, 0.25) is 0 Å². The average Bonchev–Trinajstić information content (AvgIpc) is 2.81. The molecule has 0 saturated carbocycles. The summed E-state index contributed by atoms with van der Waals surface area (Å²) in [5, 5.41) is 16.1. The fourth-order valence-corrected chi connectivity index (χ4v) is 1.81. The minimum absolute atomic E-state index is 0.280. The van der Waals surface area contributed by atoms with Crippen molar-refractivity contribution in [2.75, 3.05) is 5.73 Å². The highest BCUT2D eigenvalue weighted by Gasteiger charge is 2.16. The van der Waals surface area contributed by atoms with Crippen LogP contribution >= 0.6 is 15.9 Å². The van der Waals surface area contributed by atoms with E-state index < -0.39 is 0 Å². The second-order valence-electron chi connectivity index (χ2n) is 3.70. The monoisotopic (exact) mass is 310 g/mol. The standard InChI is InChI=1S/C10H11BrN6O/c1-5(9-14-16-17-15-9)13-10(18)7-3-2-6(11)4-8(7)12/h2-5H,12H2,1H3,(H,13,18)(H,14,15,16,17). The van der Waals surface area contributed by atoms with Gasteiger partial charge in [-0.25, -0.2) is 0 Å². The molecule has 2 aromatic rings. The number of aromatic amines is 1. The number of carbonyl (C=O) groups is 1. The van der Waals surface area contributed by atoms with Crippen molar-refractivity contribution in [3.63, 3.8) is 0 Å². The van der Waals surface area contributed by atoms with Gasteiger partial charge in [-0.15, -0.1) is 10.2 Å². The number of nitrogens with zero attached hydrogens (tertiary/aromatic N) is 3. The van der Waals surface area contributed by atoms with Crippen LogP contribution in [0.1, 0.15) is 29.1 Å². The van der Waals surface area contributed by atoms with Crippen LogP contribution < -0.4 is 11.1 Å². The van der Waals surface area contributed by atoms with Gasteiger partial charge in [0, 0.05) is 10.2 Å². The van der Waals surface area contributed by atoms with Crippen molar-refractivity contribution in [3.8, 4) is 0 Å². The first-order chi connectivity index (χ1) is 8.58. The van der Waals surface area contributed by atoms with Crippen molar-refractivity contribution in [1.29, 1.82) is 0 Å². The number of carbonyl (C=O) groups excluding carboxylic acids is 1. The maximum atomic E-state index is 12.0. The Labute approximate surface area is 111 Å². The first-order valence-corrected chi connectivity index (χ1v) is 5.96. The van der Waals surface area contributed by atoms with Crippen LogP contribution in [0.4, 0.5) is 5.69 Å². The smallest absolute Gasteiger partial charge is 0.253 e. The Kier molecular flexibility index (Phi) is 3.56. The molecule has 1 aromatic heterocycles. The Hall–Kier alpha value is -1.96. The zero-order valence-corrected chi connectivity index (χ0v) is 11.1. The summed E-state index contributed by atoms with van der Waals surface area (Å²) in [6.45, 7) is 1.76. The number of aromatic nitrogens is 4. The van der Waals surface area contributed by atoms with Crippen molar-refractivity contribution >= 4 is 27.5 Å². The molecule has 0 spiro atoms.